The number of hydrogen-bond donors (Lipinski definition) is 0. The van der Waals surface area contributed by atoms with E-state index in [4.69, 9.17) is 6.85 Å². The first-order valence-electron chi connectivity index (χ1n) is 20.8. The molecule has 1 fully saturated rings. The van der Waals surface area contributed by atoms with Crippen molar-refractivity contribution >= 4 is 44.8 Å². The fourth-order valence-corrected chi connectivity index (χ4v) is 10.0. The molecule has 6 heteroatoms. The van der Waals surface area contributed by atoms with Gasteiger partial charge in [0.1, 0.15) is 0 Å². The largest absolute Gasteiger partial charge is 0.305 e. The van der Waals surface area contributed by atoms with Crippen molar-refractivity contribution in [3.63, 3.8) is 0 Å². The molecule has 4 aromatic carbocycles. The van der Waals surface area contributed by atoms with Crippen LogP contribution < -0.4 is 5.19 Å². The number of benzene rings is 4. The van der Waals surface area contributed by atoms with Crippen molar-refractivity contribution in [2.45, 2.75) is 84.2 Å². The average molecular weight is 923 g/mol. The molecule has 1 saturated carbocycles. The van der Waals surface area contributed by atoms with Crippen LogP contribution in [0.5, 0.6) is 0 Å². The molecule has 3 nitrogen and oxygen atoms in total. The van der Waals surface area contributed by atoms with Crippen molar-refractivity contribution in [1.82, 2.24) is 9.97 Å². The van der Waals surface area contributed by atoms with Crippen molar-refractivity contribution in [2.24, 2.45) is 0 Å². The quantitative estimate of drug-likeness (QED) is 0.123. The Labute approximate surface area is 346 Å². The summed E-state index contributed by atoms with van der Waals surface area (Å²) < 4.78 is 42.0. The summed E-state index contributed by atoms with van der Waals surface area (Å²) in [5, 5.41) is 13.1. The Kier molecular flexibility index (Phi) is 10.5. The molecular weight excluding hydrogens is 871 g/mol. The van der Waals surface area contributed by atoms with E-state index in [0.717, 1.165) is 85.1 Å². The van der Waals surface area contributed by atoms with E-state index < -0.39 is 26.7 Å². The van der Waals surface area contributed by atoms with E-state index >= 15 is 0 Å². The van der Waals surface area contributed by atoms with E-state index in [-0.39, 0.29) is 25.7 Å². The molecule has 1 aliphatic rings. The second-order valence-electron chi connectivity index (χ2n) is 15.0. The zero-order valence-corrected chi connectivity index (χ0v) is 35.6. The van der Waals surface area contributed by atoms with E-state index in [1.165, 1.54) is 23.2 Å². The molecule has 0 atom stereocenters. The normalized spacial score (nSPS) is 15.7. The van der Waals surface area contributed by atoms with Gasteiger partial charge in [-0.15, -0.1) is 53.1 Å². The summed E-state index contributed by atoms with van der Waals surface area (Å²) in [6.07, 6.45) is 8.94. The standard InChI is InChI=1S/C30H23N2S.C18H24NSi.Ir/c31-19-24-12-13-25(27-17-23(15-16-32-27)21-9-5-2-6-10-21)30-29(24)26-14-11-22(18-28(26)33-30)20-7-3-1-4-8-20;1-13(2)16-11-17(15-9-7-14(3)8-10-15)19-12-18(16)20(4,5)6;/h1,3-4,7-8,11-12,14-18,21H,2,5-6,9-10H2;7-9,11-13H,1-6H3;/q2*-1;/i21D;3D3,13D;. The topological polar surface area (TPSA) is 49.6 Å². The fraction of sp³-hybridized carbons (Fsp3) is 0.271. The zero-order valence-electron chi connectivity index (χ0n) is 36.4. The van der Waals surface area contributed by atoms with Crippen LogP contribution in [0.2, 0.25) is 19.6 Å². The third-order valence-corrected chi connectivity index (χ3v) is 13.2. The number of nitrogens with zero attached hydrogens (tertiary/aromatic N) is 3. The van der Waals surface area contributed by atoms with Crippen LogP contribution in [-0.2, 0) is 20.1 Å². The molecule has 1 radical (unpaired) electrons. The van der Waals surface area contributed by atoms with Gasteiger partial charge in [0.05, 0.1) is 8.07 Å². The Morgan fingerprint density at radius 2 is 1.70 bits per heavy atom. The second kappa shape index (κ2) is 17.1. The van der Waals surface area contributed by atoms with Crippen molar-refractivity contribution < 1.29 is 27.0 Å². The Morgan fingerprint density at radius 3 is 2.39 bits per heavy atom. The molecule has 1 aliphatic carbocycles. The molecule has 0 unspecified atom stereocenters. The number of pyridine rings is 2. The van der Waals surface area contributed by atoms with E-state index in [1.807, 2.05) is 44.4 Å². The summed E-state index contributed by atoms with van der Waals surface area (Å²) in [6.45, 7) is 8.38. The molecule has 275 valence electrons. The molecule has 0 aliphatic heterocycles. The Balaban J connectivity index is 0.000000208. The molecule has 3 heterocycles. The van der Waals surface area contributed by atoms with Gasteiger partial charge in [0.2, 0.25) is 0 Å². The fourth-order valence-electron chi connectivity index (χ4n) is 7.16. The van der Waals surface area contributed by atoms with Gasteiger partial charge >= 0.3 is 0 Å². The van der Waals surface area contributed by atoms with Crippen LogP contribution in [0.25, 0.3) is 53.8 Å². The van der Waals surface area contributed by atoms with E-state index in [1.54, 1.807) is 29.5 Å². The molecule has 0 saturated heterocycles. The third-order valence-electron chi connectivity index (χ3n) is 10.00. The van der Waals surface area contributed by atoms with Gasteiger partial charge in [-0.05, 0) is 80.1 Å². The predicted octanol–water partition coefficient (Wildman–Crippen LogP) is 13.0. The summed E-state index contributed by atoms with van der Waals surface area (Å²) in [5.41, 5.74) is 8.49. The van der Waals surface area contributed by atoms with Crippen molar-refractivity contribution in [1.29, 1.82) is 5.26 Å². The average Bonchev–Trinajstić information content (AvgIpc) is 3.59. The summed E-state index contributed by atoms with van der Waals surface area (Å²) in [7, 11) is -1.61. The zero-order chi connectivity index (χ0) is 41.5. The number of hydrogen-bond acceptors (Lipinski definition) is 4. The number of rotatable bonds is 6. The first-order chi connectivity index (χ1) is 27.5. The van der Waals surface area contributed by atoms with Crippen LogP contribution in [0.4, 0.5) is 0 Å². The van der Waals surface area contributed by atoms with Gasteiger partial charge in [0.15, 0.2) is 0 Å². The Morgan fingerprint density at radius 1 is 0.907 bits per heavy atom. The maximum Gasteiger partial charge on any atom is 0.0799 e. The van der Waals surface area contributed by atoms with E-state index in [0.29, 0.717) is 5.56 Å². The summed E-state index contributed by atoms with van der Waals surface area (Å²) in [6, 6.07) is 38.3. The SMILES string of the molecule is [2H]C([2H])([2H])c1c[c-]c(-c2cc(C([2H])(C)C)c([Si](C)(C)C)cn2)cc1.[2H]C1(c2ccnc(-c3[c-]cc(C#N)c4c3sc3cc(-c5ccccc5)ccc34)c2)CCCCC1.[Ir]. The number of aryl methyl sites for hydroxylation is 1. The van der Waals surface area contributed by atoms with Crippen LogP contribution in [0, 0.1) is 30.3 Å². The number of fused-ring (bicyclic) bond motifs is 3. The van der Waals surface area contributed by atoms with Gasteiger partial charge in [-0.3, -0.25) is 0 Å². The van der Waals surface area contributed by atoms with Crippen LogP contribution in [0.1, 0.15) is 86.8 Å². The molecule has 0 spiro atoms. The molecule has 0 N–H and O–H groups in total. The van der Waals surface area contributed by atoms with Gasteiger partial charge in [-0.1, -0.05) is 131 Å². The van der Waals surface area contributed by atoms with E-state index in [9.17, 15) is 5.26 Å². The van der Waals surface area contributed by atoms with Gasteiger partial charge in [0.25, 0.3) is 0 Å². The molecular formula is C48H47IrN3SSi-2. The van der Waals surface area contributed by atoms with Crippen LogP contribution in [-0.4, -0.2) is 18.0 Å². The van der Waals surface area contributed by atoms with Crippen LogP contribution in [0.3, 0.4) is 0 Å². The minimum atomic E-state index is -2.13. The number of nitriles is 1. The van der Waals surface area contributed by atoms with Crippen molar-refractivity contribution in [3.05, 3.63) is 138 Å². The summed E-state index contributed by atoms with van der Waals surface area (Å²) in [4.78, 5) is 9.25. The third kappa shape index (κ3) is 8.51. The van der Waals surface area contributed by atoms with Crippen molar-refractivity contribution in [3.8, 4) is 39.7 Å². The van der Waals surface area contributed by atoms with Gasteiger partial charge in [-0.25, -0.2) is 5.26 Å². The second-order valence-corrected chi connectivity index (χ2v) is 21.1. The molecule has 8 rings (SSSR count). The smallest absolute Gasteiger partial charge is 0.0799 e. The maximum absolute atomic E-state index is 9.85. The number of aromatic nitrogens is 2. The molecule has 7 aromatic rings. The summed E-state index contributed by atoms with van der Waals surface area (Å²) in [5.74, 6) is -1.25. The summed E-state index contributed by atoms with van der Waals surface area (Å²) >= 11 is 1.69. The molecule has 0 amide bonds. The van der Waals surface area contributed by atoms with Gasteiger partial charge in [0, 0.05) is 50.1 Å². The Hall–Kier alpha value is -4.24. The van der Waals surface area contributed by atoms with Crippen LogP contribution >= 0.6 is 11.3 Å². The molecule has 3 aromatic heterocycles. The first-order valence-corrected chi connectivity index (χ1v) is 22.6. The van der Waals surface area contributed by atoms with Gasteiger partial charge in [-0.2, -0.15) is 11.3 Å². The molecule has 0 bridgehead atoms. The van der Waals surface area contributed by atoms with Gasteiger partial charge < -0.3 is 9.97 Å². The number of thiophene rings is 1. The Bertz CT molecular complexity index is 2630. The van der Waals surface area contributed by atoms with E-state index in [2.05, 4.69) is 96.3 Å². The minimum Gasteiger partial charge on any atom is -0.305 e. The minimum absolute atomic E-state index is 0. The van der Waals surface area contributed by atoms with Crippen molar-refractivity contribution in [2.75, 3.05) is 0 Å². The molecule has 54 heavy (non-hydrogen) atoms. The first kappa shape index (κ1) is 33.1. The van der Waals surface area contributed by atoms with Crippen LogP contribution in [0.15, 0.2) is 103 Å². The predicted molar refractivity (Wildman–Crippen MR) is 228 cm³/mol. The maximum atomic E-state index is 9.85. The monoisotopic (exact) mass is 923 g/mol.